The summed E-state index contributed by atoms with van der Waals surface area (Å²) in [7, 11) is -2.78. The zero-order chi connectivity index (χ0) is 33.5. The van der Waals surface area contributed by atoms with Gasteiger partial charge in [0.2, 0.25) is 11.8 Å². The average Bonchev–Trinajstić information content (AvgIpc) is 3.02. The minimum Gasteiger partial charge on any atom is -0.497 e. The van der Waals surface area contributed by atoms with Crippen LogP contribution in [0, 0.1) is 0 Å². The molecule has 4 aromatic rings. The Labute approximate surface area is 280 Å². The molecule has 4 aromatic carbocycles. The predicted octanol–water partition coefficient (Wildman–Crippen LogP) is 6.75. The second kappa shape index (κ2) is 15.0. The van der Waals surface area contributed by atoms with Gasteiger partial charge in [0.1, 0.15) is 18.3 Å². The fraction of sp³-hybridized carbons (Fsp3) is 0.257. The van der Waals surface area contributed by atoms with Crippen molar-refractivity contribution in [1.82, 2.24) is 10.2 Å². The number of carbonyl (C=O) groups excluding carboxylic acids is 2. The molecule has 0 spiro atoms. The Morgan fingerprint density at radius 2 is 1.37 bits per heavy atom. The van der Waals surface area contributed by atoms with E-state index in [0.717, 1.165) is 15.4 Å². The second-order valence-corrected chi connectivity index (χ2v) is 14.5. The highest BCUT2D eigenvalue weighted by atomic mass is 35.5. The van der Waals surface area contributed by atoms with E-state index in [9.17, 15) is 18.0 Å². The Kier molecular flexibility index (Phi) is 11.4. The van der Waals surface area contributed by atoms with Crippen LogP contribution in [0.5, 0.6) is 5.75 Å². The minimum absolute atomic E-state index is 0.0299. The van der Waals surface area contributed by atoms with Crippen LogP contribution in [0.2, 0.25) is 10.0 Å². The number of amides is 2. The Bertz CT molecular complexity index is 1730. The molecule has 8 nitrogen and oxygen atoms in total. The number of ether oxygens (including phenoxy) is 1. The van der Waals surface area contributed by atoms with Crippen LogP contribution in [0.25, 0.3) is 0 Å². The van der Waals surface area contributed by atoms with Crippen LogP contribution >= 0.6 is 23.2 Å². The molecule has 0 aliphatic carbocycles. The number of anilines is 1. The Balaban J connectivity index is 1.81. The molecular formula is C35H37Cl2N3O5S. The lowest BCUT2D eigenvalue weighted by Crippen LogP contribution is -2.56. The largest absolute Gasteiger partial charge is 0.497 e. The number of halogens is 2. The topological polar surface area (TPSA) is 96.0 Å². The number of methoxy groups -OCH3 is 1. The van der Waals surface area contributed by atoms with Crippen molar-refractivity contribution >= 4 is 50.7 Å². The van der Waals surface area contributed by atoms with Crippen molar-refractivity contribution in [3.8, 4) is 5.75 Å². The number of rotatable bonds is 12. The van der Waals surface area contributed by atoms with Crippen molar-refractivity contribution in [3.05, 3.63) is 124 Å². The minimum atomic E-state index is -4.26. The van der Waals surface area contributed by atoms with E-state index >= 15 is 0 Å². The van der Waals surface area contributed by atoms with Crippen molar-refractivity contribution < 1.29 is 22.7 Å². The molecule has 0 unspecified atom stereocenters. The van der Waals surface area contributed by atoms with Crippen LogP contribution in [0.3, 0.4) is 0 Å². The molecule has 11 heteroatoms. The SMILES string of the molecule is COc1ccc(S(=O)(=O)N(CC(=O)N(Cc2ccc(Cl)cc2)[C@H](Cc2ccccc2)C(=O)NC(C)(C)C)c2ccc(Cl)cc2)cc1. The molecule has 1 atom stereocenters. The van der Waals surface area contributed by atoms with Crippen LogP contribution in [-0.2, 0) is 32.6 Å². The Morgan fingerprint density at radius 1 is 0.804 bits per heavy atom. The van der Waals surface area contributed by atoms with Gasteiger partial charge in [0.05, 0.1) is 17.7 Å². The van der Waals surface area contributed by atoms with Crippen LogP contribution in [0.15, 0.2) is 108 Å². The van der Waals surface area contributed by atoms with E-state index < -0.39 is 34.1 Å². The molecule has 2 amide bonds. The maximum absolute atomic E-state index is 14.5. The van der Waals surface area contributed by atoms with Crippen LogP contribution in [0.4, 0.5) is 5.69 Å². The zero-order valence-electron chi connectivity index (χ0n) is 26.1. The van der Waals surface area contributed by atoms with E-state index in [-0.39, 0.29) is 29.5 Å². The summed E-state index contributed by atoms with van der Waals surface area (Å²) in [5.41, 5.74) is 1.20. The molecule has 0 bridgehead atoms. The summed E-state index contributed by atoms with van der Waals surface area (Å²) in [4.78, 5) is 29.9. The van der Waals surface area contributed by atoms with Gasteiger partial charge in [0, 0.05) is 28.5 Å². The van der Waals surface area contributed by atoms with Gasteiger partial charge in [-0.25, -0.2) is 8.42 Å². The molecule has 0 radical (unpaired) electrons. The van der Waals surface area contributed by atoms with E-state index in [1.165, 1.54) is 48.4 Å². The summed E-state index contributed by atoms with van der Waals surface area (Å²) in [6.07, 6.45) is 0.203. The van der Waals surface area contributed by atoms with Crippen molar-refractivity contribution in [2.75, 3.05) is 18.0 Å². The maximum atomic E-state index is 14.5. The standard InChI is InChI=1S/C35H37Cl2N3O5S/c1-35(2,3)38-34(42)32(22-25-8-6-5-7-9-25)39(23-26-10-12-27(36)13-11-26)33(41)24-40(29-16-14-28(37)15-17-29)46(43,44)31-20-18-30(45-4)19-21-31/h5-21,32H,22-24H2,1-4H3,(H,38,42)/t32-/m1/s1. The number of hydrogen-bond donors (Lipinski definition) is 1. The summed E-state index contributed by atoms with van der Waals surface area (Å²) in [6, 6.07) is 27.4. The van der Waals surface area contributed by atoms with Gasteiger partial charge in [-0.3, -0.25) is 13.9 Å². The van der Waals surface area contributed by atoms with E-state index in [4.69, 9.17) is 27.9 Å². The zero-order valence-corrected chi connectivity index (χ0v) is 28.4. The molecule has 0 aromatic heterocycles. The lowest BCUT2D eigenvalue weighted by Gasteiger charge is -2.35. The van der Waals surface area contributed by atoms with Gasteiger partial charge < -0.3 is 15.0 Å². The Hall–Kier alpha value is -4.05. The first-order chi connectivity index (χ1) is 21.8. The third-order valence-electron chi connectivity index (χ3n) is 7.08. The number of nitrogens with one attached hydrogen (secondary N) is 1. The van der Waals surface area contributed by atoms with E-state index in [1.54, 1.807) is 36.4 Å². The molecule has 1 N–H and O–H groups in total. The quantitative estimate of drug-likeness (QED) is 0.178. The lowest BCUT2D eigenvalue weighted by atomic mass is 10.0. The predicted molar refractivity (Wildman–Crippen MR) is 183 cm³/mol. The number of sulfonamides is 1. The summed E-state index contributed by atoms with van der Waals surface area (Å²) in [5, 5.41) is 3.94. The Morgan fingerprint density at radius 3 is 1.91 bits per heavy atom. The first-order valence-electron chi connectivity index (χ1n) is 14.6. The van der Waals surface area contributed by atoms with E-state index in [1.807, 2.05) is 51.1 Å². The molecule has 0 saturated carbocycles. The van der Waals surface area contributed by atoms with Crippen LogP contribution < -0.4 is 14.4 Å². The fourth-order valence-corrected chi connectivity index (χ4v) is 6.47. The smallest absolute Gasteiger partial charge is 0.264 e. The molecule has 0 heterocycles. The summed E-state index contributed by atoms with van der Waals surface area (Å²) < 4.78 is 34.5. The lowest BCUT2D eigenvalue weighted by molar-refractivity contribution is -0.140. The molecule has 0 saturated heterocycles. The maximum Gasteiger partial charge on any atom is 0.264 e. The average molecular weight is 683 g/mol. The molecular weight excluding hydrogens is 645 g/mol. The monoisotopic (exact) mass is 681 g/mol. The van der Waals surface area contributed by atoms with Gasteiger partial charge in [-0.15, -0.1) is 0 Å². The number of hydrogen-bond acceptors (Lipinski definition) is 5. The van der Waals surface area contributed by atoms with Crippen molar-refractivity contribution in [2.24, 2.45) is 0 Å². The van der Waals surface area contributed by atoms with E-state index in [0.29, 0.717) is 15.8 Å². The molecule has 0 aliphatic heterocycles. The first kappa shape index (κ1) is 34.8. The summed E-state index contributed by atoms with van der Waals surface area (Å²) in [5.74, 6) is -0.461. The van der Waals surface area contributed by atoms with Gasteiger partial charge in [0.25, 0.3) is 10.0 Å². The molecule has 242 valence electrons. The number of carbonyl (C=O) groups is 2. The molecule has 4 rings (SSSR count). The van der Waals surface area contributed by atoms with Gasteiger partial charge in [-0.05, 0) is 92.6 Å². The molecule has 0 aliphatic rings. The first-order valence-corrected chi connectivity index (χ1v) is 16.8. The van der Waals surface area contributed by atoms with Gasteiger partial charge in [-0.1, -0.05) is 65.7 Å². The highest BCUT2D eigenvalue weighted by Gasteiger charge is 2.35. The van der Waals surface area contributed by atoms with Crippen molar-refractivity contribution in [2.45, 2.75) is 50.2 Å². The normalized spacial score (nSPS) is 12.2. The third-order valence-corrected chi connectivity index (χ3v) is 9.37. The highest BCUT2D eigenvalue weighted by Crippen LogP contribution is 2.27. The third kappa shape index (κ3) is 9.25. The summed E-state index contributed by atoms with van der Waals surface area (Å²) >= 11 is 12.3. The van der Waals surface area contributed by atoms with Gasteiger partial charge in [0.15, 0.2) is 0 Å². The summed E-state index contributed by atoms with van der Waals surface area (Å²) in [6.45, 7) is 5.03. The molecule has 0 fully saturated rings. The van der Waals surface area contributed by atoms with Crippen molar-refractivity contribution in [1.29, 1.82) is 0 Å². The van der Waals surface area contributed by atoms with Gasteiger partial charge >= 0.3 is 0 Å². The van der Waals surface area contributed by atoms with E-state index in [2.05, 4.69) is 5.32 Å². The second-order valence-electron chi connectivity index (χ2n) is 11.8. The van der Waals surface area contributed by atoms with Gasteiger partial charge in [-0.2, -0.15) is 0 Å². The number of benzene rings is 4. The van der Waals surface area contributed by atoms with Crippen LogP contribution in [0.1, 0.15) is 31.9 Å². The highest BCUT2D eigenvalue weighted by molar-refractivity contribution is 7.92. The van der Waals surface area contributed by atoms with Crippen LogP contribution in [-0.4, -0.2) is 50.4 Å². The van der Waals surface area contributed by atoms with Crippen molar-refractivity contribution in [3.63, 3.8) is 0 Å². The number of nitrogens with zero attached hydrogens (tertiary/aromatic N) is 2. The molecule has 46 heavy (non-hydrogen) atoms. The fourth-order valence-electron chi connectivity index (χ4n) is 4.80.